The number of anilines is 1. The first-order chi connectivity index (χ1) is 12.5. The van der Waals surface area contributed by atoms with Crippen LogP contribution in [-0.2, 0) is 0 Å². The van der Waals surface area contributed by atoms with Crippen LogP contribution >= 0.6 is 11.3 Å². The highest BCUT2D eigenvalue weighted by molar-refractivity contribution is 7.10. The third-order valence-corrected chi connectivity index (χ3v) is 4.62. The van der Waals surface area contributed by atoms with Gasteiger partial charge in [-0.25, -0.2) is 4.68 Å². The summed E-state index contributed by atoms with van der Waals surface area (Å²) in [5, 5.41) is 13.2. The molecule has 2 aromatic carbocycles. The molecule has 0 radical (unpaired) electrons. The fraction of sp³-hybridized carbons (Fsp3) is 0.158. The number of Topliss-reactive ketones (excluding diaryl/α,β-unsaturated/α-hetero) is 1. The predicted octanol–water partition coefficient (Wildman–Crippen LogP) is 3.14. The van der Waals surface area contributed by atoms with Gasteiger partial charge in [0.25, 0.3) is 0 Å². The molecule has 0 aliphatic rings. The van der Waals surface area contributed by atoms with Gasteiger partial charge in [-0.15, -0.1) is 5.10 Å². The summed E-state index contributed by atoms with van der Waals surface area (Å²) in [7, 11) is 3.99. The van der Waals surface area contributed by atoms with Gasteiger partial charge in [0.1, 0.15) is 0 Å². The Morgan fingerprint density at radius 1 is 1.12 bits per heavy atom. The molecule has 0 bridgehead atoms. The molecular formula is C19H19N5OS. The number of benzene rings is 2. The Morgan fingerprint density at radius 3 is 2.42 bits per heavy atom. The van der Waals surface area contributed by atoms with Crippen molar-refractivity contribution in [2.45, 2.75) is 6.92 Å². The minimum atomic E-state index is -0.0932. The van der Waals surface area contributed by atoms with Gasteiger partial charge in [-0.2, -0.15) is 10.2 Å². The molecule has 0 fully saturated rings. The van der Waals surface area contributed by atoms with E-state index in [0.29, 0.717) is 9.81 Å². The highest BCUT2D eigenvalue weighted by Gasteiger charge is 2.10. The zero-order chi connectivity index (χ0) is 18.5. The highest BCUT2D eigenvalue weighted by atomic mass is 32.1. The first kappa shape index (κ1) is 17.8. The third-order valence-electron chi connectivity index (χ3n) is 3.62. The summed E-state index contributed by atoms with van der Waals surface area (Å²) in [4.78, 5) is 14.3. The van der Waals surface area contributed by atoms with Crippen LogP contribution in [0.4, 0.5) is 5.69 Å². The van der Waals surface area contributed by atoms with E-state index in [4.69, 9.17) is 0 Å². The summed E-state index contributed by atoms with van der Waals surface area (Å²) in [6, 6.07) is 17.6. The minimum Gasteiger partial charge on any atom is -0.378 e. The lowest BCUT2D eigenvalue weighted by atomic mass is 10.2. The molecule has 132 valence electrons. The van der Waals surface area contributed by atoms with E-state index in [0.717, 1.165) is 16.9 Å². The molecule has 0 saturated heterocycles. The normalized spacial score (nSPS) is 11.9. The Bertz CT molecular complexity index is 985. The van der Waals surface area contributed by atoms with E-state index in [2.05, 4.69) is 15.3 Å². The number of aromatic nitrogens is 2. The molecule has 6 nitrogen and oxygen atoms in total. The lowest BCUT2D eigenvalue weighted by Crippen LogP contribution is -2.13. The standard InChI is InChI=1S/C19H19N5OS/c1-14(25)18-22-24(17-7-5-4-6-8-17)19(26-18)21-20-13-15-9-11-16(12-10-15)23(2)3/h4-13H,1-3H3/b20-13+,21-19+. The first-order valence-electron chi connectivity index (χ1n) is 8.05. The Kier molecular flexibility index (Phi) is 5.38. The summed E-state index contributed by atoms with van der Waals surface area (Å²) in [5.74, 6) is -0.0932. The lowest BCUT2D eigenvalue weighted by molar-refractivity contribution is 0.101. The molecule has 26 heavy (non-hydrogen) atoms. The van der Waals surface area contributed by atoms with E-state index in [1.54, 1.807) is 10.9 Å². The Balaban J connectivity index is 1.93. The molecule has 0 spiro atoms. The van der Waals surface area contributed by atoms with E-state index in [1.165, 1.54) is 18.3 Å². The van der Waals surface area contributed by atoms with Crippen LogP contribution in [0.15, 0.2) is 64.8 Å². The van der Waals surface area contributed by atoms with Crippen molar-refractivity contribution in [3.63, 3.8) is 0 Å². The van der Waals surface area contributed by atoms with Crippen molar-refractivity contribution in [3.8, 4) is 5.69 Å². The van der Waals surface area contributed by atoms with Crippen LogP contribution in [0.1, 0.15) is 22.3 Å². The van der Waals surface area contributed by atoms with Gasteiger partial charge in [0.05, 0.1) is 11.9 Å². The average Bonchev–Trinajstić information content (AvgIpc) is 3.07. The highest BCUT2D eigenvalue weighted by Crippen LogP contribution is 2.11. The molecule has 1 aromatic heterocycles. The summed E-state index contributed by atoms with van der Waals surface area (Å²) in [6.07, 6.45) is 1.68. The van der Waals surface area contributed by atoms with Gasteiger partial charge in [0.15, 0.2) is 10.8 Å². The number of ketones is 1. The Morgan fingerprint density at radius 2 is 1.81 bits per heavy atom. The Hall–Kier alpha value is -3.06. The zero-order valence-electron chi connectivity index (χ0n) is 14.8. The fourth-order valence-electron chi connectivity index (χ4n) is 2.23. The van der Waals surface area contributed by atoms with E-state index < -0.39 is 0 Å². The molecule has 3 rings (SSSR count). The number of para-hydroxylation sites is 1. The largest absolute Gasteiger partial charge is 0.378 e. The molecule has 0 saturated carbocycles. The predicted molar refractivity (Wildman–Crippen MR) is 105 cm³/mol. The second kappa shape index (κ2) is 7.88. The molecule has 7 heteroatoms. The maximum atomic E-state index is 11.7. The molecule has 0 unspecified atom stereocenters. The molecule has 0 atom stereocenters. The second-order valence-electron chi connectivity index (χ2n) is 5.82. The quantitative estimate of drug-likeness (QED) is 0.396. The number of hydrogen-bond donors (Lipinski definition) is 0. The summed E-state index contributed by atoms with van der Waals surface area (Å²) in [6.45, 7) is 1.49. The lowest BCUT2D eigenvalue weighted by Gasteiger charge is -2.11. The number of carbonyl (C=O) groups is 1. The Labute approximate surface area is 155 Å². The summed E-state index contributed by atoms with van der Waals surface area (Å²) < 4.78 is 1.63. The molecule has 3 aromatic rings. The van der Waals surface area contributed by atoms with Crippen LogP contribution < -0.4 is 9.70 Å². The van der Waals surface area contributed by atoms with Crippen molar-refractivity contribution in [2.24, 2.45) is 10.2 Å². The number of nitrogens with zero attached hydrogens (tertiary/aromatic N) is 5. The van der Waals surface area contributed by atoms with E-state index in [9.17, 15) is 4.79 Å². The van der Waals surface area contributed by atoms with Crippen molar-refractivity contribution in [1.82, 2.24) is 9.78 Å². The van der Waals surface area contributed by atoms with Gasteiger partial charge < -0.3 is 4.90 Å². The maximum absolute atomic E-state index is 11.7. The summed E-state index contributed by atoms with van der Waals surface area (Å²) in [5.41, 5.74) is 2.90. The second-order valence-corrected chi connectivity index (χ2v) is 6.78. The van der Waals surface area contributed by atoms with Crippen molar-refractivity contribution in [2.75, 3.05) is 19.0 Å². The van der Waals surface area contributed by atoms with Crippen molar-refractivity contribution < 1.29 is 4.79 Å². The van der Waals surface area contributed by atoms with Crippen LogP contribution in [0.2, 0.25) is 0 Å². The molecule has 0 aliphatic carbocycles. The minimum absolute atomic E-state index is 0.0932. The van der Waals surface area contributed by atoms with E-state index >= 15 is 0 Å². The van der Waals surface area contributed by atoms with Crippen molar-refractivity contribution in [1.29, 1.82) is 0 Å². The van der Waals surface area contributed by atoms with E-state index in [-0.39, 0.29) is 5.78 Å². The van der Waals surface area contributed by atoms with E-state index in [1.807, 2.05) is 73.6 Å². The van der Waals surface area contributed by atoms with Gasteiger partial charge in [-0.1, -0.05) is 41.7 Å². The van der Waals surface area contributed by atoms with Crippen LogP contribution in [0.5, 0.6) is 0 Å². The van der Waals surface area contributed by atoms with Crippen LogP contribution in [-0.4, -0.2) is 35.9 Å². The van der Waals surface area contributed by atoms with Gasteiger partial charge in [0.2, 0.25) is 4.80 Å². The molecule has 0 amide bonds. The first-order valence-corrected chi connectivity index (χ1v) is 8.87. The monoisotopic (exact) mass is 365 g/mol. The number of hydrogen-bond acceptors (Lipinski definition) is 6. The van der Waals surface area contributed by atoms with Gasteiger partial charge in [0, 0.05) is 26.7 Å². The smallest absolute Gasteiger partial charge is 0.233 e. The van der Waals surface area contributed by atoms with Crippen LogP contribution in [0.3, 0.4) is 0 Å². The summed E-state index contributed by atoms with van der Waals surface area (Å²) >= 11 is 1.22. The maximum Gasteiger partial charge on any atom is 0.233 e. The zero-order valence-corrected chi connectivity index (χ0v) is 15.6. The molecule has 0 aliphatic heterocycles. The van der Waals surface area contributed by atoms with Crippen molar-refractivity contribution in [3.05, 3.63) is 70.0 Å². The van der Waals surface area contributed by atoms with Crippen LogP contribution in [0.25, 0.3) is 5.69 Å². The average molecular weight is 365 g/mol. The molecule has 0 N–H and O–H groups in total. The SMILES string of the molecule is CC(=O)c1nn(-c2ccccc2)/c(=N\N=C\c2ccc(N(C)C)cc2)s1. The number of carbonyl (C=O) groups excluding carboxylic acids is 1. The third kappa shape index (κ3) is 4.12. The van der Waals surface area contributed by atoms with Gasteiger partial charge in [-0.05, 0) is 29.8 Å². The topological polar surface area (TPSA) is 62.9 Å². The fourth-order valence-corrected chi connectivity index (χ4v) is 2.99. The molecular weight excluding hydrogens is 346 g/mol. The van der Waals surface area contributed by atoms with Crippen molar-refractivity contribution >= 4 is 29.0 Å². The molecule has 1 heterocycles. The van der Waals surface area contributed by atoms with Crippen LogP contribution in [0, 0.1) is 0 Å². The van der Waals surface area contributed by atoms with Gasteiger partial charge >= 0.3 is 0 Å². The van der Waals surface area contributed by atoms with Gasteiger partial charge in [-0.3, -0.25) is 4.79 Å². The number of rotatable bonds is 5.